The fourth-order valence-electron chi connectivity index (χ4n) is 2.04. The number of hydrogen-bond acceptors (Lipinski definition) is 2. The van der Waals surface area contributed by atoms with Crippen molar-refractivity contribution in [3.05, 3.63) is 59.3 Å². The summed E-state index contributed by atoms with van der Waals surface area (Å²) in [5.74, 6) is 1.44. The minimum atomic E-state index is 0.487. The normalized spacial score (nSPS) is 10.4. The minimum absolute atomic E-state index is 0.487. The fraction of sp³-hybridized carbons (Fsp3) is 0.267. The molecule has 0 bridgehead atoms. The molecule has 0 aliphatic rings. The van der Waals surface area contributed by atoms with Crippen LogP contribution in [-0.2, 0) is 12.4 Å². The van der Waals surface area contributed by atoms with Crippen molar-refractivity contribution >= 4 is 17.4 Å². The van der Waals surface area contributed by atoms with Gasteiger partial charge in [-0.2, -0.15) is 0 Å². The highest BCUT2D eigenvalue weighted by molar-refractivity contribution is 6.17. The zero-order chi connectivity index (χ0) is 13.0. The molecule has 0 radical (unpaired) electrons. The summed E-state index contributed by atoms with van der Waals surface area (Å²) < 4.78 is 0. The van der Waals surface area contributed by atoms with Crippen LogP contribution in [0.3, 0.4) is 0 Å². The van der Waals surface area contributed by atoms with Crippen molar-refractivity contribution in [3.8, 4) is 0 Å². The number of rotatable bonds is 4. The molecule has 1 heterocycles. The van der Waals surface area contributed by atoms with Crippen molar-refractivity contribution in [2.75, 3.05) is 11.9 Å². The summed E-state index contributed by atoms with van der Waals surface area (Å²) in [4.78, 5) is 6.54. The molecule has 0 saturated carbocycles. The van der Waals surface area contributed by atoms with Gasteiger partial charge >= 0.3 is 0 Å². The van der Waals surface area contributed by atoms with Crippen molar-refractivity contribution in [2.24, 2.45) is 0 Å². The lowest BCUT2D eigenvalue weighted by molar-refractivity contribution is 0.888. The molecule has 1 aromatic heterocycles. The van der Waals surface area contributed by atoms with Crippen molar-refractivity contribution in [1.29, 1.82) is 0 Å². The Morgan fingerprint density at radius 2 is 2.06 bits per heavy atom. The Bertz CT molecular complexity index is 525. The number of alkyl halides is 1. The molecular formula is C15H17ClN2. The van der Waals surface area contributed by atoms with Crippen LogP contribution in [0, 0.1) is 6.92 Å². The third-order valence-electron chi connectivity index (χ3n) is 2.88. The fourth-order valence-corrected chi connectivity index (χ4v) is 2.25. The van der Waals surface area contributed by atoms with E-state index in [2.05, 4.69) is 41.1 Å². The van der Waals surface area contributed by atoms with Gasteiger partial charge in [-0.05, 0) is 18.6 Å². The third-order valence-corrected chi connectivity index (χ3v) is 3.16. The van der Waals surface area contributed by atoms with Gasteiger partial charge in [0.15, 0.2) is 0 Å². The molecule has 0 atom stereocenters. The molecule has 0 N–H and O–H groups in total. The Morgan fingerprint density at radius 3 is 2.78 bits per heavy atom. The molecule has 1 aromatic carbocycles. The van der Waals surface area contributed by atoms with E-state index in [1.807, 2.05) is 19.2 Å². The van der Waals surface area contributed by atoms with Crippen LogP contribution in [-0.4, -0.2) is 12.0 Å². The number of anilines is 1. The average molecular weight is 261 g/mol. The maximum Gasteiger partial charge on any atom is 0.132 e. The quantitative estimate of drug-likeness (QED) is 0.778. The van der Waals surface area contributed by atoms with E-state index in [4.69, 9.17) is 11.6 Å². The van der Waals surface area contributed by atoms with Crippen LogP contribution in [0.15, 0.2) is 42.6 Å². The second kappa shape index (κ2) is 5.87. The lowest BCUT2D eigenvalue weighted by Gasteiger charge is -2.20. The Kier molecular flexibility index (Phi) is 4.21. The maximum absolute atomic E-state index is 5.94. The average Bonchev–Trinajstić information content (AvgIpc) is 2.38. The Balaban J connectivity index is 2.19. The van der Waals surface area contributed by atoms with E-state index in [0.717, 1.165) is 17.9 Å². The van der Waals surface area contributed by atoms with Gasteiger partial charge in [0.1, 0.15) is 5.82 Å². The highest BCUT2D eigenvalue weighted by Gasteiger charge is 2.08. The van der Waals surface area contributed by atoms with Crippen LogP contribution in [0.5, 0.6) is 0 Å². The number of nitrogens with zero attached hydrogens (tertiary/aromatic N) is 2. The summed E-state index contributed by atoms with van der Waals surface area (Å²) in [6.45, 7) is 2.94. The minimum Gasteiger partial charge on any atom is -0.355 e. The molecule has 2 rings (SSSR count). The first-order valence-corrected chi connectivity index (χ1v) is 6.50. The van der Waals surface area contributed by atoms with Gasteiger partial charge in [0.2, 0.25) is 0 Å². The molecule has 0 saturated heterocycles. The first-order chi connectivity index (χ1) is 8.70. The Hall–Kier alpha value is -1.54. The predicted octanol–water partition coefficient (Wildman–Crippen LogP) is 3.77. The third kappa shape index (κ3) is 3.02. The van der Waals surface area contributed by atoms with E-state index in [9.17, 15) is 0 Å². The molecular weight excluding hydrogens is 244 g/mol. The number of aromatic nitrogens is 1. The van der Waals surface area contributed by atoms with Gasteiger partial charge in [0, 0.05) is 25.4 Å². The number of hydrogen-bond donors (Lipinski definition) is 0. The Labute approximate surface area is 113 Å². The van der Waals surface area contributed by atoms with Crippen LogP contribution in [0.1, 0.15) is 16.7 Å². The zero-order valence-corrected chi connectivity index (χ0v) is 11.5. The molecule has 0 unspecified atom stereocenters. The Morgan fingerprint density at radius 1 is 1.22 bits per heavy atom. The first-order valence-electron chi connectivity index (χ1n) is 5.97. The van der Waals surface area contributed by atoms with Crippen molar-refractivity contribution < 1.29 is 0 Å². The second-order valence-electron chi connectivity index (χ2n) is 4.46. The molecule has 0 spiro atoms. The monoisotopic (exact) mass is 260 g/mol. The largest absolute Gasteiger partial charge is 0.355 e. The van der Waals surface area contributed by atoms with Gasteiger partial charge in [-0.15, -0.1) is 11.6 Å². The molecule has 3 heteroatoms. The van der Waals surface area contributed by atoms with Gasteiger partial charge in [0.05, 0.1) is 5.88 Å². The number of pyridine rings is 1. The van der Waals surface area contributed by atoms with Gasteiger partial charge in [-0.25, -0.2) is 4.98 Å². The highest BCUT2D eigenvalue weighted by atomic mass is 35.5. The lowest BCUT2D eigenvalue weighted by Crippen LogP contribution is -2.19. The summed E-state index contributed by atoms with van der Waals surface area (Å²) in [5, 5.41) is 0. The van der Waals surface area contributed by atoms with Crippen LogP contribution in [0.4, 0.5) is 5.82 Å². The second-order valence-corrected chi connectivity index (χ2v) is 4.73. The van der Waals surface area contributed by atoms with Crippen LogP contribution < -0.4 is 4.90 Å². The van der Waals surface area contributed by atoms with Crippen molar-refractivity contribution in [1.82, 2.24) is 4.98 Å². The van der Waals surface area contributed by atoms with Crippen LogP contribution in [0.2, 0.25) is 0 Å². The number of halogens is 1. The molecule has 0 fully saturated rings. The summed E-state index contributed by atoms with van der Waals surface area (Å²) in [6.07, 6.45) is 1.80. The molecule has 18 heavy (non-hydrogen) atoms. The molecule has 2 nitrogen and oxygen atoms in total. The number of aryl methyl sites for hydroxylation is 1. The standard InChI is InChI=1S/C15H17ClN2/c1-12-5-3-6-13(9-12)11-18(2)15-14(10-16)7-4-8-17-15/h3-9H,10-11H2,1-2H3. The van der Waals surface area contributed by atoms with Crippen molar-refractivity contribution in [3.63, 3.8) is 0 Å². The van der Waals surface area contributed by atoms with Gasteiger partial charge in [-0.1, -0.05) is 35.9 Å². The van der Waals surface area contributed by atoms with Crippen molar-refractivity contribution in [2.45, 2.75) is 19.3 Å². The van der Waals surface area contributed by atoms with E-state index < -0.39 is 0 Å². The molecule has 0 aliphatic heterocycles. The highest BCUT2D eigenvalue weighted by Crippen LogP contribution is 2.19. The summed E-state index contributed by atoms with van der Waals surface area (Å²) >= 11 is 5.94. The number of benzene rings is 1. The maximum atomic E-state index is 5.94. The summed E-state index contributed by atoms with van der Waals surface area (Å²) in [6, 6.07) is 12.4. The van der Waals surface area contributed by atoms with Gasteiger partial charge < -0.3 is 4.90 Å². The lowest BCUT2D eigenvalue weighted by atomic mass is 10.1. The van der Waals surface area contributed by atoms with E-state index in [1.54, 1.807) is 6.20 Å². The van der Waals surface area contributed by atoms with Gasteiger partial charge in [0.25, 0.3) is 0 Å². The molecule has 0 amide bonds. The van der Waals surface area contributed by atoms with E-state index in [0.29, 0.717) is 5.88 Å². The smallest absolute Gasteiger partial charge is 0.132 e. The van der Waals surface area contributed by atoms with E-state index >= 15 is 0 Å². The van der Waals surface area contributed by atoms with Gasteiger partial charge in [-0.3, -0.25) is 0 Å². The summed E-state index contributed by atoms with van der Waals surface area (Å²) in [7, 11) is 2.04. The molecule has 0 aliphatic carbocycles. The topological polar surface area (TPSA) is 16.1 Å². The molecule has 94 valence electrons. The predicted molar refractivity (Wildman–Crippen MR) is 77.1 cm³/mol. The van der Waals surface area contributed by atoms with E-state index in [-0.39, 0.29) is 0 Å². The van der Waals surface area contributed by atoms with E-state index in [1.165, 1.54) is 11.1 Å². The van der Waals surface area contributed by atoms with Crippen LogP contribution >= 0.6 is 11.6 Å². The SMILES string of the molecule is Cc1cccc(CN(C)c2ncccc2CCl)c1. The first kappa shape index (κ1) is 12.9. The zero-order valence-electron chi connectivity index (χ0n) is 10.7. The van der Waals surface area contributed by atoms with Crippen LogP contribution in [0.25, 0.3) is 0 Å². The summed E-state index contributed by atoms with van der Waals surface area (Å²) in [5.41, 5.74) is 3.62. The molecule has 2 aromatic rings.